The summed E-state index contributed by atoms with van der Waals surface area (Å²) in [7, 11) is 0. The lowest BCUT2D eigenvalue weighted by Crippen LogP contribution is -2.31. The zero-order chi connectivity index (χ0) is 14.2. The molecule has 1 aromatic heterocycles. The van der Waals surface area contributed by atoms with Crippen LogP contribution in [0.2, 0.25) is 0 Å². The van der Waals surface area contributed by atoms with Crippen molar-refractivity contribution < 1.29 is 14.3 Å². The predicted octanol–water partition coefficient (Wildman–Crippen LogP) is 1.20. The summed E-state index contributed by atoms with van der Waals surface area (Å²) in [6, 6.07) is 8.54. The van der Waals surface area contributed by atoms with Crippen LogP contribution in [0.25, 0.3) is 0 Å². The summed E-state index contributed by atoms with van der Waals surface area (Å²) in [5, 5.41) is 2.29. The average Bonchev–Trinajstić information content (AvgIpc) is 2.49. The normalized spacial score (nSPS) is 9.80. The van der Waals surface area contributed by atoms with Gasteiger partial charge in [0.15, 0.2) is 0 Å². The van der Waals surface area contributed by atoms with E-state index in [1.165, 1.54) is 18.6 Å². The molecule has 0 saturated heterocycles. The van der Waals surface area contributed by atoms with Crippen molar-refractivity contribution in [3.05, 3.63) is 54.5 Å². The molecule has 1 N–H and O–H groups in total. The van der Waals surface area contributed by atoms with Crippen molar-refractivity contribution in [3.8, 4) is 5.88 Å². The van der Waals surface area contributed by atoms with Crippen molar-refractivity contribution in [2.24, 2.45) is 0 Å². The van der Waals surface area contributed by atoms with Gasteiger partial charge in [-0.15, -0.1) is 0 Å². The number of amides is 2. The van der Waals surface area contributed by atoms with E-state index in [-0.39, 0.29) is 13.0 Å². The van der Waals surface area contributed by atoms with E-state index < -0.39 is 11.8 Å². The fourth-order valence-corrected chi connectivity index (χ4v) is 1.46. The largest absolute Gasteiger partial charge is 0.476 e. The molecule has 0 aliphatic carbocycles. The first-order chi connectivity index (χ1) is 9.75. The molecule has 2 rings (SSSR count). The van der Waals surface area contributed by atoms with Crippen LogP contribution in [0.1, 0.15) is 16.8 Å². The van der Waals surface area contributed by atoms with E-state index in [1.54, 1.807) is 30.3 Å². The molecular weight excluding hydrogens is 258 g/mol. The second-order valence-electron chi connectivity index (χ2n) is 3.89. The lowest BCUT2D eigenvalue weighted by atomic mass is 10.2. The van der Waals surface area contributed by atoms with Crippen molar-refractivity contribution in [2.45, 2.75) is 6.42 Å². The molecule has 102 valence electrons. The van der Waals surface area contributed by atoms with Gasteiger partial charge in [-0.2, -0.15) is 0 Å². The molecule has 0 unspecified atom stereocenters. The van der Waals surface area contributed by atoms with Gasteiger partial charge < -0.3 is 4.74 Å². The first-order valence-corrected chi connectivity index (χ1v) is 6.04. The molecular formula is C14H13N3O3. The number of ether oxygens (including phenoxy) is 1. The van der Waals surface area contributed by atoms with Gasteiger partial charge >= 0.3 is 0 Å². The zero-order valence-corrected chi connectivity index (χ0v) is 10.7. The predicted molar refractivity (Wildman–Crippen MR) is 71.1 cm³/mol. The Labute approximate surface area is 115 Å². The molecule has 0 aliphatic heterocycles. The van der Waals surface area contributed by atoms with Crippen LogP contribution in [0.3, 0.4) is 0 Å². The Hall–Kier alpha value is -2.76. The SMILES string of the molecule is O=C(CCOc1cnccn1)NC(=O)c1ccccc1. The molecule has 2 aromatic rings. The highest BCUT2D eigenvalue weighted by Gasteiger charge is 2.09. The Morgan fingerprint density at radius 2 is 1.95 bits per heavy atom. The van der Waals surface area contributed by atoms with Crippen molar-refractivity contribution in [1.29, 1.82) is 0 Å². The molecule has 0 bridgehead atoms. The minimum Gasteiger partial charge on any atom is -0.476 e. The number of hydrogen-bond acceptors (Lipinski definition) is 5. The second-order valence-corrected chi connectivity index (χ2v) is 3.89. The molecule has 2 amide bonds. The molecule has 1 aromatic carbocycles. The van der Waals surface area contributed by atoms with E-state index in [0.29, 0.717) is 11.4 Å². The summed E-state index contributed by atoms with van der Waals surface area (Å²) >= 11 is 0. The summed E-state index contributed by atoms with van der Waals surface area (Å²) in [4.78, 5) is 31.0. The lowest BCUT2D eigenvalue weighted by molar-refractivity contribution is -0.120. The molecule has 0 fully saturated rings. The van der Waals surface area contributed by atoms with E-state index in [9.17, 15) is 9.59 Å². The molecule has 0 radical (unpaired) electrons. The number of hydrogen-bond donors (Lipinski definition) is 1. The summed E-state index contributed by atoms with van der Waals surface area (Å²) in [5.41, 5.74) is 0.440. The molecule has 0 atom stereocenters. The second kappa shape index (κ2) is 6.98. The van der Waals surface area contributed by atoms with Gasteiger partial charge in [0.25, 0.3) is 5.91 Å². The van der Waals surface area contributed by atoms with E-state index in [1.807, 2.05) is 0 Å². The molecule has 0 saturated carbocycles. The Bertz CT molecular complexity index is 573. The van der Waals surface area contributed by atoms with Crippen LogP contribution in [0.4, 0.5) is 0 Å². The minimum absolute atomic E-state index is 0.0646. The maximum atomic E-state index is 11.7. The van der Waals surface area contributed by atoms with Gasteiger partial charge in [0.2, 0.25) is 11.8 Å². The van der Waals surface area contributed by atoms with Crippen molar-refractivity contribution in [3.63, 3.8) is 0 Å². The summed E-state index contributed by atoms with van der Waals surface area (Å²) in [6.45, 7) is 0.132. The number of carbonyl (C=O) groups is 2. The average molecular weight is 271 g/mol. The Balaban J connectivity index is 1.74. The van der Waals surface area contributed by atoms with E-state index in [0.717, 1.165) is 0 Å². The van der Waals surface area contributed by atoms with E-state index >= 15 is 0 Å². The number of carbonyl (C=O) groups excluding carboxylic acids is 2. The van der Waals surface area contributed by atoms with Gasteiger partial charge in [0, 0.05) is 18.0 Å². The van der Waals surface area contributed by atoms with E-state index in [2.05, 4.69) is 15.3 Å². The van der Waals surface area contributed by atoms with Gasteiger partial charge in [-0.25, -0.2) is 4.98 Å². The fraction of sp³-hybridized carbons (Fsp3) is 0.143. The number of rotatable bonds is 5. The highest BCUT2D eigenvalue weighted by Crippen LogP contribution is 2.01. The van der Waals surface area contributed by atoms with Crippen LogP contribution in [0.15, 0.2) is 48.9 Å². The number of aromatic nitrogens is 2. The van der Waals surface area contributed by atoms with Gasteiger partial charge in [-0.1, -0.05) is 18.2 Å². The van der Waals surface area contributed by atoms with Crippen molar-refractivity contribution in [2.75, 3.05) is 6.61 Å². The third-order valence-corrected chi connectivity index (χ3v) is 2.41. The van der Waals surface area contributed by atoms with Gasteiger partial charge in [0.05, 0.1) is 19.2 Å². The van der Waals surface area contributed by atoms with Crippen LogP contribution in [-0.4, -0.2) is 28.4 Å². The quantitative estimate of drug-likeness (QED) is 0.883. The monoisotopic (exact) mass is 271 g/mol. The first-order valence-electron chi connectivity index (χ1n) is 6.04. The first kappa shape index (κ1) is 13.7. The standard InChI is InChI=1S/C14H13N3O3/c18-12(6-9-20-13-10-15-7-8-16-13)17-14(19)11-4-2-1-3-5-11/h1-5,7-8,10H,6,9H2,(H,17,18,19). The molecule has 6 nitrogen and oxygen atoms in total. The number of benzene rings is 1. The molecule has 6 heteroatoms. The minimum atomic E-state index is -0.421. The third kappa shape index (κ3) is 4.16. The maximum Gasteiger partial charge on any atom is 0.257 e. The molecule has 0 spiro atoms. The van der Waals surface area contributed by atoms with E-state index in [4.69, 9.17) is 4.74 Å². The fourth-order valence-electron chi connectivity index (χ4n) is 1.46. The van der Waals surface area contributed by atoms with Gasteiger partial charge in [-0.3, -0.25) is 19.9 Å². The third-order valence-electron chi connectivity index (χ3n) is 2.41. The number of nitrogens with zero attached hydrogens (tertiary/aromatic N) is 2. The number of imide groups is 1. The van der Waals surface area contributed by atoms with Crippen molar-refractivity contribution >= 4 is 11.8 Å². The lowest BCUT2D eigenvalue weighted by Gasteiger charge is -2.05. The highest BCUT2D eigenvalue weighted by molar-refractivity contribution is 6.04. The maximum absolute atomic E-state index is 11.7. The Kier molecular flexibility index (Phi) is 4.77. The Morgan fingerprint density at radius 3 is 2.65 bits per heavy atom. The number of nitrogens with one attached hydrogen (secondary N) is 1. The van der Waals surface area contributed by atoms with Gasteiger partial charge in [-0.05, 0) is 12.1 Å². The van der Waals surface area contributed by atoms with Crippen LogP contribution in [0, 0.1) is 0 Å². The van der Waals surface area contributed by atoms with Crippen LogP contribution >= 0.6 is 0 Å². The molecule has 0 aliphatic rings. The summed E-state index contributed by atoms with van der Waals surface area (Å²) < 4.78 is 5.22. The molecule has 20 heavy (non-hydrogen) atoms. The zero-order valence-electron chi connectivity index (χ0n) is 10.7. The van der Waals surface area contributed by atoms with Crippen LogP contribution < -0.4 is 10.1 Å². The highest BCUT2D eigenvalue weighted by atomic mass is 16.5. The molecule has 1 heterocycles. The smallest absolute Gasteiger partial charge is 0.257 e. The Morgan fingerprint density at radius 1 is 1.15 bits per heavy atom. The van der Waals surface area contributed by atoms with Gasteiger partial charge in [0.1, 0.15) is 0 Å². The van der Waals surface area contributed by atoms with Crippen LogP contribution in [-0.2, 0) is 4.79 Å². The van der Waals surface area contributed by atoms with Crippen molar-refractivity contribution in [1.82, 2.24) is 15.3 Å². The summed E-state index contributed by atoms with van der Waals surface area (Å²) in [6.07, 6.45) is 4.54. The summed E-state index contributed by atoms with van der Waals surface area (Å²) in [5.74, 6) is -0.479. The van der Waals surface area contributed by atoms with Crippen LogP contribution in [0.5, 0.6) is 5.88 Å². The topological polar surface area (TPSA) is 81.2 Å².